The Morgan fingerprint density at radius 3 is 2.53 bits per heavy atom. The van der Waals surface area contributed by atoms with Crippen LogP contribution in [0.5, 0.6) is 11.5 Å². The van der Waals surface area contributed by atoms with Crippen molar-refractivity contribution in [1.29, 1.82) is 0 Å². The smallest absolute Gasteiger partial charge is 0.234 e. The molecule has 1 amide bonds. The molecule has 0 saturated carbocycles. The number of carbonyl (C=O) groups excluding carboxylic acids is 1. The van der Waals surface area contributed by atoms with E-state index in [0.717, 1.165) is 16.9 Å². The van der Waals surface area contributed by atoms with E-state index in [1.165, 1.54) is 0 Å². The minimum Gasteiger partial charge on any atom is -0.493 e. The lowest BCUT2D eigenvalue weighted by Crippen LogP contribution is -2.34. The number of methoxy groups -OCH3 is 2. The fraction of sp³-hybridized carbons (Fsp3) is 0.261. The van der Waals surface area contributed by atoms with Gasteiger partial charge in [-0.25, -0.2) is 0 Å². The molecule has 0 saturated heterocycles. The molecule has 6 nitrogen and oxygen atoms in total. The van der Waals surface area contributed by atoms with E-state index < -0.39 is 0 Å². The van der Waals surface area contributed by atoms with Crippen LogP contribution in [0.25, 0.3) is 11.3 Å². The zero-order chi connectivity index (χ0) is 21.5. The maximum atomic E-state index is 12.3. The Morgan fingerprint density at radius 1 is 1.07 bits per heavy atom. The van der Waals surface area contributed by atoms with Gasteiger partial charge in [-0.3, -0.25) is 9.69 Å². The van der Waals surface area contributed by atoms with Gasteiger partial charge in [-0.2, -0.15) is 0 Å². The van der Waals surface area contributed by atoms with Gasteiger partial charge in [0.15, 0.2) is 11.5 Å². The maximum absolute atomic E-state index is 12.3. The van der Waals surface area contributed by atoms with Gasteiger partial charge in [-0.15, -0.1) is 0 Å². The van der Waals surface area contributed by atoms with Gasteiger partial charge >= 0.3 is 0 Å². The minimum absolute atomic E-state index is 0.0937. The van der Waals surface area contributed by atoms with Crippen LogP contribution in [-0.4, -0.2) is 38.6 Å². The molecule has 3 aromatic rings. The number of hydrogen-bond acceptors (Lipinski definition) is 5. The van der Waals surface area contributed by atoms with Crippen LogP contribution in [0.1, 0.15) is 11.3 Å². The molecular weight excluding hydrogens is 404 g/mol. The number of amides is 1. The van der Waals surface area contributed by atoms with Crippen molar-refractivity contribution in [2.24, 2.45) is 0 Å². The monoisotopic (exact) mass is 428 g/mol. The lowest BCUT2D eigenvalue weighted by molar-refractivity contribution is -0.122. The minimum atomic E-state index is -0.0937. The maximum Gasteiger partial charge on any atom is 0.234 e. The number of para-hydroxylation sites is 1. The lowest BCUT2D eigenvalue weighted by Gasteiger charge is -2.19. The van der Waals surface area contributed by atoms with Crippen LogP contribution < -0.4 is 14.8 Å². The molecule has 1 heterocycles. The molecule has 0 atom stereocenters. The first-order valence-corrected chi connectivity index (χ1v) is 9.87. The van der Waals surface area contributed by atoms with Crippen molar-refractivity contribution in [1.82, 2.24) is 10.2 Å². The molecular formula is C23H25ClN2O4. The van der Waals surface area contributed by atoms with Crippen molar-refractivity contribution < 1.29 is 18.7 Å². The molecule has 0 aliphatic heterocycles. The summed E-state index contributed by atoms with van der Waals surface area (Å²) in [6, 6.07) is 16.9. The van der Waals surface area contributed by atoms with E-state index in [-0.39, 0.29) is 12.5 Å². The third kappa shape index (κ3) is 5.55. The van der Waals surface area contributed by atoms with E-state index in [1.54, 1.807) is 14.2 Å². The molecule has 1 aromatic heterocycles. The summed E-state index contributed by atoms with van der Waals surface area (Å²) in [6.45, 7) is 1.11. The number of carbonyl (C=O) groups is 1. The average molecular weight is 429 g/mol. The van der Waals surface area contributed by atoms with Crippen LogP contribution in [0.2, 0.25) is 5.02 Å². The van der Waals surface area contributed by atoms with Crippen molar-refractivity contribution in [3.05, 3.63) is 70.9 Å². The predicted molar refractivity (Wildman–Crippen MR) is 117 cm³/mol. The molecule has 30 heavy (non-hydrogen) atoms. The van der Waals surface area contributed by atoms with Crippen LogP contribution in [0.3, 0.4) is 0 Å². The van der Waals surface area contributed by atoms with Crippen LogP contribution in [0.15, 0.2) is 59.0 Å². The Morgan fingerprint density at radius 2 is 1.83 bits per heavy atom. The van der Waals surface area contributed by atoms with E-state index in [2.05, 4.69) is 5.32 Å². The van der Waals surface area contributed by atoms with Crippen LogP contribution in [0.4, 0.5) is 0 Å². The van der Waals surface area contributed by atoms with Crippen molar-refractivity contribution in [3.8, 4) is 22.8 Å². The van der Waals surface area contributed by atoms with Crippen LogP contribution in [-0.2, 0) is 17.9 Å². The van der Waals surface area contributed by atoms with E-state index in [1.807, 2.05) is 66.5 Å². The molecule has 158 valence electrons. The van der Waals surface area contributed by atoms with Crippen molar-refractivity contribution in [3.63, 3.8) is 0 Å². The highest BCUT2D eigenvalue weighted by Crippen LogP contribution is 2.31. The molecule has 7 heteroatoms. The molecule has 3 rings (SSSR count). The zero-order valence-electron chi connectivity index (χ0n) is 17.3. The molecule has 0 spiro atoms. The molecule has 2 aromatic carbocycles. The third-order valence-electron chi connectivity index (χ3n) is 4.59. The number of halogens is 1. The normalized spacial score (nSPS) is 10.8. The molecule has 0 bridgehead atoms. The summed E-state index contributed by atoms with van der Waals surface area (Å²) >= 11 is 5.92. The molecule has 0 unspecified atom stereocenters. The zero-order valence-corrected chi connectivity index (χ0v) is 18.0. The Kier molecular flexibility index (Phi) is 7.38. The number of likely N-dealkylation sites (N-methyl/N-ethyl adjacent to an activating group) is 1. The topological polar surface area (TPSA) is 63.9 Å². The number of benzene rings is 2. The van der Waals surface area contributed by atoms with Crippen LogP contribution >= 0.6 is 11.6 Å². The quantitative estimate of drug-likeness (QED) is 0.548. The molecule has 0 radical (unpaired) electrons. The van der Waals surface area contributed by atoms with Gasteiger partial charge in [0.25, 0.3) is 0 Å². The SMILES string of the molecule is COc1cccc(CN(C)CC(=O)NCc2ccc(-c3ccc(Cl)cc3)o2)c1OC. The Bertz CT molecular complexity index is 985. The van der Waals surface area contributed by atoms with Crippen molar-refractivity contribution in [2.75, 3.05) is 27.8 Å². The Balaban J connectivity index is 1.52. The number of hydrogen-bond donors (Lipinski definition) is 1. The Hall–Kier alpha value is -2.96. The van der Waals surface area contributed by atoms with E-state index in [0.29, 0.717) is 35.4 Å². The van der Waals surface area contributed by atoms with Gasteiger partial charge in [0.2, 0.25) is 5.91 Å². The van der Waals surface area contributed by atoms with Gasteiger partial charge < -0.3 is 19.2 Å². The lowest BCUT2D eigenvalue weighted by atomic mass is 10.1. The van der Waals surface area contributed by atoms with Gasteiger partial charge in [0.05, 0.1) is 27.3 Å². The van der Waals surface area contributed by atoms with Gasteiger partial charge in [0, 0.05) is 22.7 Å². The molecule has 0 aliphatic rings. The summed E-state index contributed by atoms with van der Waals surface area (Å²) in [4.78, 5) is 14.3. The fourth-order valence-electron chi connectivity index (χ4n) is 3.15. The molecule has 0 fully saturated rings. The first kappa shape index (κ1) is 21.7. The highest BCUT2D eigenvalue weighted by atomic mass is 35.5. The van der Waals surface area contributed by atoms with E-state index in [4.69, 9.17) is 25.5 Å². The summed E-state index contributed by atoms with van der Waals surface area (Å²) in [5.41, 5.74) is 1.88. The van der Waals surface area contributed by atoms with Gasteiger partial charge in [-0.1, -0.05) is 23.7 Å². The second kappa shape index (κ2) is 10.2. The number of rotatable bonds is 9. The summed E-state index contributed by atoms with van der Waals surface area (Å²) in [6.07, 6.45) is 0. The highest BCUT2D eigenvalue weighted by Gasteiger charge is 2.14. The van der Waals surface area contributed by atoms with Gasteiger partial charge in [-0.05, 0) is 49.5 Å². The summed E-state index contributed by atoms with van der Waals surface area (Å²) in [5.74, 6) is 2.67. The molecule has 0 aliphatic carbocycles. The van der Waals surface area contributed by atoms with Crippen molar-refractivity contribution >= 4 is 17.5 Å². The number of nitrogens with one attached hydrogen (secondary N) is 1. The largest absolute Gasteiger partial charge is 0.493 e. The van der Waals surface area contributed by atoms with E-state index >= 15 is 0 Å². The number of ether oxygens (including phenoxy) is 2. The van der Waals surface area contributed by atoms with Gasteiger partial charge in [0.1, 0.15) is 11.5 Å². The summed E-state index contributed by atoms with van der Waals surface area (Å²) in [7, 11) is 5.09. The fourth-order valence-corrected chi connectivity index (χ4v) is 3.28. The van der Waals surface area contributed by atoms with E-state index in [9.17, 15) is 4.79 Å². The second-order valence-electron chi connectivity index (χ2n) is 6.87. The number of furan rings is 1. The summed E-state index contributed by atoms with van der Waals surface area (Å²) < 4.78 is 16.6. The Labute approximate surface area is 181 Å². The van der Waals surface area contributed by atoms with Crippen LogP contribution in [0, 0.1) is 0 Å². The highest BCUT2D eigenvalue weighted by molar-refractivity contribution is 6.30. The standard InChI is InChI=1S/C23H25ClN2O4/c1-26(14-17-5-4-6-21(28-2)23(17)29-3)15-22(27)25-13-19-11-12-20(30-19)16-7-9-18(24)10-8-16/h4-12H,13-15H2,1-3H3,(H,25,27). The average Bonchev–Trinajstić information content (AvgIpc) is 3.21. The second-order valence-corrected chi connectivity index (χ2v) is 7.31. The third-order valence-corrected chi connectivity index (χ3v) is 4.84. The summed E-state index contributed by atoms with van der Waals surface area (Å²) in [5, 5.41) is 3.56. The predicted octanol–water partition coefficient (Wildman–Crippen LogP) is 4.37. The first-order chi connectivity index (χ1) is 14.5. The van der Waals surface area contributed by atoms with Crippen molar-refractivity contribution in [2.45, 2.75) is 13.1 Å². The number of nitrogens with zero attached hydrogens (tertiary/aromatic N) is 1. The molecule has 1 N–H and O–H groups in total. The first-order valence-electron chi connectivity index (χ1n) is 9.50.